The lowest BCUT2D eigenvalue weighted by atomic mass is 10.0. The summed E-state index contributed by atoms with van der Waals surface area (Å²) in [6.45, 7) is 7.46. The van der Waals surface area contributed by atoms with Gasteiger partial charge in [-0.1, -0.05) is 26.1 Å². The van der Waals surface area contributed by atoms with E-state index in [1.54, 1.807) is 0 Å². The number of epoxide rings is 1. The molecule has 3 unspecified atom stereocenters. The average molecular weight is 170 g/mol. The molecule has 0 spiro atoms. The van der Waals surface area contributed by atoms with Crippen molar-refractivity contribution in [2.75, 3.05) is 0 Å². The number of ether oxygens (including phenoxy) is 1. The molecular weight excluding hydrogens is 152 g/mol. The van der Waals surface area contributed by atoms with Crippen LogP contribution in [0.1, 0.15) is 19.3 Å². The van der Waals surface area contributed by atoms with Crippen molar-refractivity contribution in [1.29, 1.82) is 0 Å². The van der Waals surface area contributed by atoms with E-state index in [1.807, 2.05) is 0 Å². The lowest BCUT2D eigenvalue weighted by Crippen LogP contribution is -2.31. The van der Waals surface area contributed by atoms with E-state index < -0.39 is 8.07 Å². The zero-order valence-corrected chi connectivity index (χ0v) is 8.76. The highest BCUT2D eigenvalue weighted by Gasteiger charge is 2.46. The van der Waals surface area contributed by atoms with E-state index in [4.69, 9.17) is 4.74 Å². The molecule has 11 heavy (non-hydrogen) atoms. The van der Waals surface area contributed by atoms with Gasteiger partial charge in [-0.25, -0.2) is 0 Å². The molecule has 1 aliphatic carbocycles. The molecule has 64 valence electrons. The number of fused-ring (bicyclic) bond motifs is 1. The van der Waals surface area contributed by atoms with E-state index in [9.17, 15) is 0 Å². The van der Waals surface area contributed by atoms with Crippen LogP contribution in [0.2, 0.25) is 25.2 Å². The third-order valence-corrected chi connectivity index (χ3v) is 6.20. The van der Waals surface area contributed by atoms with Crippen LogP contribution >= 0.6 is 0 Å². The highest BCUT2D eigenvalue weighted by Crippen LogP contribution is 2.46. The van der Waals surface area contributed by atoms with Gasteiger partial charge in [-0.15, -0.1) is 0 Å². The molecule has 0 amide bonds. The fraction of sp³-hybridized carbons (Fsp3) is 1.00. The van der Waals surface area contributed by atoms with Gasteiger partial charge in [0.2, 0.25) is 0 Å². The van der Waals surface area contributed by atoms with Crippen LogP contribution in [-0.2, 0) is 4.74 Å². The second-order valence-corrected chi connectivity index (χ2v) is 10.6. The molecule has 1 nitrogen and oxygen atoms in total. The Labute approximate surface area is 70.1 Å². The molecule has 2 aliphatic rings. The van der Waals surface area contributed by atoms with Gasteiger partial charge in [-0.3, -0.25) is 0 Å². The summed E-state index contributed by atoms with van der Waals surface area (Å²) in [5, 5.41) is 0. The molecule has 0 aromatic carbocycles. The molecular formula is C9H18OSi. The summed E-state index contributed by atoms with van der Waals surface area (Å²) in [5.74, 6) is 0. The first-order chi connectivity index (χ1) is 5.07. The highest BCUT2D eigenvalue weighted by molar-refractivity contribution is 6.77. The molecule has 0 aromatic heterocycles. The number of rotatable bonds is 1. The number of hydrogen-bond donors (Lipinski definition) is 0. The van der Waals surface area contributed by atoms with Crippen molar-refractivity contribution >= 4 is 8.07 Å². The second kappa shape index (κ2) is 2.33. The first-order valence-electron chi connectivity index (χ1n) is 4.73. The van der Waals surface area contributed by atoms with Crippen molar-refractivity contribution < 1.29 is 4.74 Å². The van der Waals surface area contributed by atoms with E-state index in [2.05, 4.69) is 19.6 Å². The van der Waals surface area contributed by atoms with Gasteiger partial charge in [0, 0.05) is 8.07 Å². The summed E-state index contributed by atoms with van der Waals surface area (Å²) >= 11 is 0. The zero-order chi connectivity index (χ0) is 8.06. The summed E-state index contributed by atoms with van der Waals surface area (Å²) in [7, 11) is -0.852. The fourth-order valence-electron chi connectivity index (χ4n) is 2.19. The minimum atomic E-state index is -0.852. The molecule has 0 N–H and O–H groups in total. The Morgan fingerprint density at radius 3 is 2.36 bits per heavy atom. The molecule has 3 atom stereocenters. The standard InChI is InChI=1S/C9H18OSi/c1-11(2,3)7-4-5-8-9(6-7)10-8/h7-9H,4-6H2,1-3H3. The minimum absolute atomic E-state index is 0.681. The summed E-state index contributed by atoms with van der Waals surface area (Å²) < 4.78 is 5.53. The van der Waals surface area contributed by atoms with Crippen LogP contribution in [-0.4, -0.2) is 20.3 Å². The summed E-state index contributed by atoms with van der Waals surface area (Å²) in [6, 6.07) is 0. The maximum absolute atomic E-state index is 5.53. The Balaban J connectivity index is 1.95. The topological polar surface area (TPSA) is 12.5 Å². The van der Waals surface area contributed by atoms with Crippen molar-refractivity contribution in [3.05, 3.63) is 0 Å². The molecule has 1 saturated carbocycles. The van der Waals surface area contributed by atoms with Crippen LogP contribution in [0.5, 0.6) is 0 Å². The Morgan fingerprint density at radius 1 is 1.09 bits per heavy atom. The zero-order valence-electron chi connectivity index (χ0n) is 7.76. The van der Waals surface area contributed by atoms with Gasteiger partial charge in [0.05, 0.1) is 12.2 Å². The largest absolute Gasteiger partial charge is 0.370 e. The predicted molar refractivity (Wildman–Crippen MR) is 49.6 cm³/mol. The third-order valence-electron chi connectivity index (χ3n) is 3.23. The Bertz CT molecular complexity index is 161. The fourth-order valence-corrected chi connectivity index (χ4v) is 4.16. The maximum atomic E-state index is 5.53. The molecule has 2 rings (SSSR count). The summed E-state index contributed by atoms with van der Waals surface area (Å²) in [5.41, 5.74) is 1.03. The summed E-state index contributed by atoms with van der Waals surface area (Å²) in [6.07, 6.45) is 5.53. The van der Waals surface area contributed by atoms with Gasteiger partial charge < -0.3 is 4.74 Å². The van der Waals surface area contributed by atoms with E-state index >= 15 is 0 Å². The third kappa shape index (κ3) is 1.52. The van der Waals surface area contributed by atoms with Crippen molar-refractivity contribution in [1.82, 2.24) is 0 Å². The predicted octanol–water partition coefficient (Wildman–Crippen LogP) is 2.65. The second-order valence-electron chi connectivity index (χ2n) is 5.09. The van der Waals surface area contributed by atoms with E-state index in [-0.39, 0.29) is 0 Å². The molecule has 1 saturated heterocycles. The van der Waals surface area contributed by atoms with E-state index in [0.29, 0.717) is 12.2 Å². The van der Waals surface area contributed by atoms with Gasteiger partial charge in [-0.2, -0.15) is 0 Å². The Kier molecular flexibility index (Phi) is 1.65. The minimum Gasteiger partial charge on any atom is -0.370 e. The molecule has 0 bridgehead atoms. The van der Waals surface area contributed by atoms with Crippen LogP contribution in [0, 0.1) is 0 Å². The van der Waals surface area contributed by atoms with Crippen molar-refractivity contribution in [3.63, 3.8) is 0 Å². The van der Waals surface area contributed by atoms with Gasteiger partial charge in [0.1, 0.15) is 0 Å². The van der Waals surface area contributed by atoms with E-state index in [1.165, 1.54) is 19.3 Å². The summed E-state index contributed by atoms with van der Waals surface area (Å²) in [4.78, 5) is 0. The van der Waals surface area contributed by atoms with E-state index in [0.717, 1.165) is 5.54 Å². The lowest BCUT2D eigenvalue weighted by Gasteiger charge is -2.30. The van der Waals surface area contributed by atoms with Crippen molar-refractivity contribution in [3.8, 4) is 0 Å². The molecule has 1 heterocycles. The Hall–Kier alpha value is 0.177. The quantitative estimate of drug-likeness (QED) is 0.435. The molecule has 0 radical (unpaired) electrons. The van der Waals surface area contributed by atoms with Crippen LogP contribution in [0.25, 0.3) is 0 Å². The molecule has 0 aromatic rings. The molecule has 2 fully saturated rings. The van der Waals surface area contributed by atoms with Gasteiger partial charge >= 0.3 is 0 Å². The first-order valence-corrected chi connectivity index (χ1v) is 8.30. The number of hydrogen-bond acceptors (Lipinski definition) is 1. The van der Waals surface area contributed by atoms with Crippen molar-refractivity contribution in [2.24, 2.45) is 0 Å². The lowest BCUT2D eigenvalue weighted by molar-refractivity contribution is 0.373. The van der Waals surface area contributed by atoms with Crippen LogP contribution in [0.4, 0.5) is 0 Å². The SMILES string of the molecule is C[Si](C)(C)C1CCC2OC2C1. The van der Waals surface area contributed by atoms with Crippen LogP contribution in [0.15, 0.2) is 0 Å². The van der Waals surface area contributed by atoms with Gasteiger partial charge in [0.25, 0.3) is 0 Å². The smallest absolute Gasteiger partial charge is 0.0841 e. The maximum Gasteiger partial charge on any atom is 0.0841 e. The first kappa shape index (κ1) is 7.81. The Morgan fingerprint density at radius 2 is 1.82 bits per heavy atom. The monoisotopic (exact) mass is 170 g/mol. The van der Waals surface area contributed by atoms with Gasteiger partial charge in [-0.05, 0) is 18.4 Å². The van der Waals surface area contributed by atoms with Crippen molar-refractivity contribution in [2.45, 2.75) is 56.7 Å². The molecule has 1 aliphatic heterocycles. The molecule has 2 heteroatoms. The van der Waals surface area contributed by atoms with Crippen LogP contribution in [0.3, 0.4) is 0 Å². The average Bonchev–Trinajstić information content (AvgIpc) is 2.60. The highest BCUT2D eigenvalue weighted by atomic mass is 28.3. The van der Waals surface area contributed by atoms with Gasteiger partial charge in [0.15, 0.2) is 0 Å². The normalized spacial score (nSPS) is 43.4. The van der Waals surface area contributed by atoms with Crippen LogP contribution < -0.4 is 0 Å².